The Morgan fingerprint density at radius 3 is 1.90 bits per heavy atom. The van der Waals surface area contributed by atoms with Crippen molar-refractivity contribution in [2.45, 2.75) is 39.6 Å². The summed E-state index contributed by atoms with van der Waals surface area (Å²) >= 11 is 17.5. The maximum Gasteiger partial charge on any atom is 0.276 e. The van der Waals surface area contributed by atoms with E-state index in [-0.39, 0.29) is 5.92 Å². The van der Waals surface area contributed by atoms with Crippen molar-refractivity contribution in [2.75, 3.05) is 19.1 Å². The van der Waals surface area contributed by atoms with Gasteiger partial charge in [0, 0.05) is 21.9 Å². The largest absolute Gasteiger partial charge is 0.380 e. The first kappa shape index (κ1) is 21.4. The molecule has 0 aliphatic carbocycles. The fourth-order valence-corrected chi connectivity index (χ4v) is 2.83. The van der Waals surface area contributed by atoms with Crippen LogP contribution in [-0.4, -0.2) is 35.6 Å². The fourth-order valence-electron chi connectivity index (χ4n) is 1.87. The normalized spacial score (nSPS) is 17.8. The molecule has 0 rings (SSSR count). The summed E-state index contributed by atoms with van der Waals surface area (Å²) < 4.78 is 17.4. The van der Waals surface area contributed by atoms with E-state index >= 15 is 0 Å². The van der Waals surface area contributed by atoms with Gasteiger partial charge in [0.1, 0.15) is 0 Å². The maximum absolute atomic E-state index is 5.89. The zero-order valence-corrected chi connectivity index (χ0v) is 17.4. The van der Waals surface area contributed by atoms with E-state index in [0.717, 1.165) is 12.8 Å². The van der Waals surface area contributed by atoms with Crippen molar-refractivity contribution in [1.82, 2.24) is 0 Å². The zero-order chi connectivity index (χ0) is 16.3. The van der Waals surface area contributed by atoms with Gasteiger partial charge in [-0.2, -0.15) is 0 Å². The average molecular weight is 376 g/mol. The molecule has 0 radical (unpaired) electrons. The fraction of sp³-hybridized carbons (Fsp3) is 0.714. The van der Waals surface area contributed by atoms with Crippen LogP contribution in [0.3, 0.4) is 0 Å². The minimum absolute atomic E-state index is 0.0422. The van der Waals surface area contributed by atoms with E-state index < -0.39 is 5.97 Å². The minimum atomic E-state index is -1.10. The molecule has 0 saturated heterocycles. The molecule has 0 aromatic heterocycles. The van der Waals surface area contributed by atoms with Crippen molar-refractivity contribution in [1.29, 1.82) is 0 Å². The number of allylic oxidation sites excluding steroid dienone is 2. The Hall–Kier alpha value is 0.447. The molecule has 0 amide bonds. The highest BCUT2D eigenvalue weighted by Crippen LogP contribution is 2.31. The molecule has 0 spiro atoms. The van der Waals surface area contributed by atoms with Crippen molar-refractivity contribution in [3.05, 3.63) is 22.2 Å². The molecule has 0 aromatic rings. The maximum atomic E-state index is 5.89. The monoisotopic (exact) mass is 374 g/mol. The standard InChI is InChI=1S/C14H25Cl3O3Si/c1-4-13(5-8-15)14(20-21,18-9-6-11(2)16)19-10-7-12(3)17/h6-7,13H,4-5,8-10H2,1-3,21H3. The van der Waals surface area contributed by atoms with Crippen LogP contribution in [0.5, 0.6) is 0 Å². The van der Waals surface area contributed by atoms with Gasteiger partial charge >= 0.3 is 0 Å². The van der Waals surface area contributed by atoms with Crippen molar-refractivity contribution < 1.29 is 13.9 Å². The molecule has 0 N–H and O–H groups in total. The van der Waals surface area contributed by atoms with Crippen molar-refractivity contribution in [3.8, 4) is 0 Å². The molecule has 7 heteroatoms. The van der Waals surface area contributed by atoms with Crippen molar-refractivity contribution in [3.63, 3.8) is 0 Å². The van der Waals surface area contributed by atoms with Crippen LogP contribution in [0.4, 0.5) is 0 Å². The van der Waals surface area contributed by atoms with Crippen LogP contribution in [0.25, 0.3) is 0 Å². The Bertz CT molecular complexity index is 318. The van der Waals surface area contributed by atoms with E-state index in [0.29, 0.717) is 39.6 Å². The molecule has 0 heterocycles. The predicted octanol–water partition coefficient (Wildman–Crippen LogP) is 3.91. The van der Waals surface area contributed by atoms with Crippen molar-refractivity contribution in [2.24, 2.45) is 5.92 Å². The number of alkyl halides is 1. The summed E-state index contributed by atoms with van der Waals surface area (Å²) in [5.74, 6) is -0.533. The van der Waals surface area contributed by atoms with Gasteiger partial charge in [-0.25, -0.2) is 0 Å². The Labute approximate surface area is 146 Å². The van der Waals surface area contributed by atoms with Gasteiger partial charge in [-0.15, -0.1) is 11.6 Å². The second-order valence-electron chi connectivity index (χ2n) is 4.59. The minimum Gasteiger partial charge on any atom is -0.380 e. The van der Waals surface area contributed by atoms with Gasteiger partial charge in [0.05, 0.1) is 13.2 Å². The van der Waals surface area contributed by atoms with Crippen LogP contribution in [0.1, 0.15) is 33.6 Å². The molecule has 1 unspecified atom stereocenters. The summed E-state index contributed by atoms with van der Waals surface area (Å²) in [4.78, 5) is 0. The van der Waals surface area contributed by atoms with Crippen LogP contribution in [0.15, 0.2) is 22.2 Å². The third kappa shape index (κ3) is 8.60. The summed E-state index contributed by atoms with van der Waals surface area (Å²) in [6.45, 7) is 6.29. The quantitative estimate of drug-likeness (QED) is 0.311. The van der Waals surface area contributed by atoms with Gasteiger partial charge in [0.25, 0.3) is 5.97 Å². The average Bonchev–Trinajstić information content (AvgIpc) is 2.42. The molecule has 0 aliphatic heterocycles. The summed E-state index contributed by atoms with van der Waals surface area (Å²) in [5, 5.41) is 1.33. The summed E-state index contributed by atoms with van der Waals surface area (Å²) in [7, 11) is 0.481. The predicted molar refractivity (Wildman–Crippen MR) is 94.0 cm³/mol. The lowest BCUT2D eigenvalue weighted by atomic mass is 10.0. The summed E-state index contributed by atoms with van der Waals surface area (Å²) in [5.41, 5.74) is 0. The SMILES string of the molecule is CCC(CCCl)C(O[SiH3])(OCC=C(C)Cl)OCC=C(C)Cl. The molecule has 0 saturated carbocycles. The molecular weight excluding hydrogens is 351 g/mol. The van der Waals surface area contributed by atoms with Crippen molar-refractivity contribution >= 4 is 45.3 Å². The molecule has 0 aliphatic rings. The second-order valence-corrected chi connectivity index (χ2v) is 6.57. The Balaban J connectivity index is 5.05. The number of hydrogen-bond donors (Lipinski definition) is 0. The Kier molecular flexibility index (Phi) is 12.2. The van der Waals surface area contributed by atoms with Gasteiger partial charge in [0.2, 0.25) is 0 Å². The molecule has 0 bridgehead atoms. The van der Waals surface area contributed by atoms with Gasteiger partial charge in [-0.05, 0) is 38.8 Å². The lowest BCUT2D eigenvalue weighted by molar-refractivity contribution is -0.363. The lowest BCUT2D eigenvalue weighted by Gasteiger charge is -2.38. The first-order valence-electron chi connectivity index (χ1n) is 6.95. The number of rotatable bonds is 11. The first-order valence-corrected chi connectivity index (χ1v) is 9.06. The van der Waals surface area contributed by atoms with Crippen LogP contribution in [0, 0.1) is 5.92 Å². The third-order valence-electron chi connectivity index (χ3n) is 3.03. The van der Waals surface area contributed by atoms with Gasteiger partial charge in [-0.3, -0.25) is 0 Å². The van der Waals surface area contributed by atoms with Gasteiger partial charge in [-0.1, -0.05) is 30.1 Å². The van der Waals surface area contributed by atoms with Crippen LogP contribution in [-0.2, 0) is 13.9 Å². The molecule has 1 atom stereocenters. The van der Waals surface area contributed by atoms with E-state index in [9.17, 15) is 0 Å². The number of hydrogen-bond acceptors (Lipinski definition) is 3. The number of ether oxygens (including phenoxy) is 2. The topological polar surface area (TPSA) is 27.7 Å². The van der Waals surface area contributed by atoms with Gasteiger partial charge in [0.15, 0.2) is 10.5 Å². The second kappa shape index (κ2) is 11.9. The van der Waals surface area contributed by atoms with Gasteiger partial charge < -0.3 is 13.9 Å². The van der Waals surface area contributed by atoms with Crippen LogP contribution < -0.4 is 0 Å². The first-order chi connectivity index (χ1) is 9.91. The molecule has 0 aromatic carbocycles. The Morgan fingerprint density at radius 2 is 1.62 bits per heavy atom. The molecule has 21 heavy (non-hydrogen) atoms. The molecular formula is C14H25Cl3O3Si. The zero-order valence-electron chi connectivity index (χ0n) is 13.1. The number of halogens is 3. The highest BCUT2D eigenvalue weighted by Gasteiger charge is 2.39. The van der Waals surface area contributed by atoms with Crippen LogP contribution in [0.2, 0.25) is 0 Å². The lowest BCUT2D eigenvalue weighted by Crippen LogP contribution is -2.46. The third-order valence-corrected chi connectivity index (χ3v) is 4.13. The van der Waals surface area contributed by atoms with Crippen LogP contribution >= 0.6 is 34.8 Å². The van der Waals surface area contributed by atoms with E-state index in [4.69, 9.17) is 48.7 Å². The molecule has 0 fully saturated rings. The smallest absolute Gasteiger partial charge is 0.276 e. The van der Waals surface area contributed by atoms with E-state index in [1.165, 1.54) is 0 Å². The Morgan fingerprint density at radius 1 is 1.14 bits per heavy atom. The highest BCUT2D eigenvalue weighted by atomic mass is 35.5. The summed E-state index contributed by atoms with van der Waals surface area (Å²) in [6.07, 6.45) is 5.13. The molecule has 3 nitrogen and oxygen atoms in total. The van der Waals surface area contributed by atoms with E-state index in [2.05, 4.69) is 6.92 Å². The van der Waals surface area contributed by atoms with E-state index in [1.807, 2.05) is 0 Å². The summed E-state index contributed by atoms with van der Waals surface area (Å²) in [6, 6.07) is 0. The highest BCUT2D eigenvalue weighted by molar-refractivity contribution is 6.29. The molecule has 124 valence electrons. The van der Waals surface area contributed by atoms with E-state index in [1.54, 1.807) is 26.0 Å².